The zero-order valence-electron chi connectivity index (χ0n) is 14.1. The van der Waals surface area contributed by atoms with Crippen LogP contribution in [0.2, 0.25) is 0 Å². The van der Waals surface area contributed by atoms with E-state index in [0.29, 0.717) is 0 Å². The Morgan fingerprint density at radius 2 is 2.17 bits per heavy atom. The molecule has 1 unspecified atom stereocenters. The summed E-state index contributed by atoms with van der Waals surface area (Å²) in [6, 6.07) is 10.2. The lowest BCUT2D eigenvalue weighted by Gasteiger charge is -2.22. The molecule has 0 spiro atoms. The summed E-state index contributed by atoms with van der Waals surface area (Å²) in [5, 5.41) is 0. The van der Waals surface area contributed by atoms with E-state index in [2.05, 4.69) is 41.9 Å². The van der Waals surface area contributed by atoms with Crippen LogP contribution in [0.15, 0.2) is 36.5 Å². The number of aromatic nitrogens is 1. The predicted octanol–water partition coefficient (Wildman–Crippen LogP) is 3.44. The van der Waals surface area contributed by atoms with Crippen molar-refractivity contribution in [2.24, 2.45) is 0 Å². The second kappa shape index (κ2) is 7.01. The lowest BCUT2D eigenvalue weighted by molar-refractivity contribution is 0.236. The highest BCUT2D eigenvalue weighted by Crippen LogP contribution is 2.36. The van der Waals surface area contributed by atoms with E-state index >= 15 is 0 Å². The van der Waals surface area contributed by atoms with Crippen LogP contribution in [-0.4, -0.2) is 29.6 Å². The van der Waals surface area contributed by atoms with Crippen molar-refractivity contribution >= 4 is 0 Å². The molecule has 0 saturated carbocycles. The van der Waals surface area contributed by atoms with Crippen LogP contribution in [0.25, 0.3) is 0 Å². The lowest BCUT2D eigenvalue weighted by atomic mass is 10.1. The Labute approximate surface area is 138 Å². The molecule has 0 fully saturated rings. The summed E-state index contributed by atoms with van der Waals surface area (Å²) >= 11 is 0. The van der Waals surface area contributed by atoms with Crippen LogP contribution in [0.3, 0.4) is 0 Å². The molecule has 2 heterocycles. The largest absolute Gasteiger partial charge is 0.497 e. The fourth-order valence-corrected chi connectivity index (χ4v) is 3.05. The Kier molecular flexibility index (Phi) is 4.82. The van der Waals surface area contributed by atoms with Gasteiger partial charge in [-0.1, -0.05) is 13.0 Å². The first-order chi connectivity index (χ1) is 11.2. The fraction of sp³-hybridized carbons (Fsp3) is 0.421. The average molecular weight is 312 g/mol. The molecule has 122 valence electrons. The summed E-state index contributed by atoms with van der Waals surface area (Å²) in [6.07, 6.45) is 3.03. The van der Waals surface area contributed by atoms with Gasteiger partial charge in [-0.3, -0.25) is 9.88 Å². The van der Waals surface area contributed by atoms with Gasteiger partial charge in [0.25, 0.3) is 0 Å². The van der Waals surface area contributed by atoms with Gasteiger partial charge in [-0.25, -0.2) is 0 Å². The second-order valence-electron chi connectivity index (χ2n) is 6.03. The van der Waals surface area contributed by atoms with E-state index in [4.69, 9.17) is 9.47 Å². The quantitative estimate of drug-likeness (QED) is 0.818. The fourth-order valence-electron chi connectivity index (χ4n) is 3.05. The van der Waals surface area contributed by atoms with Crippen molar-refractivity contribution < 1.29 is 9.47 Å². The molecule has 4 nitrogen and oxygen atoms in total. The van der Waals surface area contributed by atoms with E-state index < -0.39 is 0 Å². The van der Waals surface area contributed by atoms with E-state index in [0.717, 1.165) is 43.2 Å². The van der Waals surface area contributed by atoms with Gasteiger partial charge in [-0.15, -0.1) is 0 Å². The number of hydrogen-bond donors (Lipinski definition) is 0. The molecular weight excluding hydrogens is 288 g/mol. The highest BCUT2D eigenvalue weighted by atomic mass is 16.5. The summed E-state index contributed by atoms with van der Waals surface area (Å²) < 4.78 is 11.5. The van der Waals surface area contributed by atoms with Crippen LogP contribution in [-0.2, 0) is 19.5 Å². The molecule has 1 atom stereocenters. The maximum absolute atomic E-state index is 6.04. The number of benzene rings is 1. The summed E-state index contributed by atoms with van der Waals surface area (Å²) in [7, 11) is 1.72. The van der Waals surface area contributed by atoms with E-state index in [-0.39, 0.29) is 6.10 Å². The van der Waals surface area contributed by atoms with Gasteiger partial charge in [0.1, 0.15) is 17.6 Å². The summed E-state index contributed by atoms with van der Waals surface area (Å²) in [5.41, 5.74) is 3.53. The van der Waals surface area contributed by atoms with Gasteiger partial charge in [0.15, 0.2) is 0 Å². The molecule has 1 aliphatic heterocycles. The van der Waals surface area contributed by atoms with Crippen LogP contribution in [0.1, 0.15) is 30.7 Å². The SMILES string of the molecule is CCN(Cc1ccccn1)Cc1cc(OC)cc2c1OC(C)C2. The first kappa shape index (κ1) is 15.8. The van der Waals surface area contributed by atoms with Crippen LogP contribution >= 0.6 is 0 Å². The van der Waals surface area contributed by atoms with Crippen molar-refractivity contribution in [3.63, 3.8) is 0 Å². The van der Waals surface area contributed by atoms with E-state index in [1.807, 2.05) is 18.3 Å². The Morgan fingerprint density at radius 1 is 1.30 bits per heavy atom. The number of ether oxygens (including phenoxy) is 2. The molecule has 0 bridgehead atoms. The van der Waals surface area contributed by atoms with Gasteiger partial charge in [-0.2, -0.15) is 0 Å². The molecule has 0 saturated heterocycles. The third-order valence-electron chi connectivity index (χ3n) is 4.23. The molecule has 0 amide bonds. The van der Waals surface area contributed by atoms with Gasteiger partial charge >= 0.3 is 0 Å². The van der Waals surface area contributed by atoms with Crippen LogP contribution in [0.4, 0.5) is 0 Å². The van der Waals surface area contributed by atoms with Crippen molar-refractivity contribution in [3.8, 4) is 11.5 Å². The third-order valence-corrected chi connectivity index (χ3v) is 4.23. The van der Waals surface area contributed by atoms with Gasteiger partial charge < -0.3 is 9.47 Å². The number of nitrogens with zero attached hydrogens (tertiary/aromatic N) is 2. The second-order valence-corrected chi connectivity index (χ2v) is 6.03. The minimum absolute atomic E-state index is 0.238. The van der Waals surface area contributed by atoms with Crippen LogP contribution < -0.4 is 9.47 Å². The van der Waals surface area contributed by atoms with Gasteiger partial charge in [0, 0.05) is 36.8 Å². The van der Waals surface area contributed by atoms with Gasteiger partial charge in [0.05, 0.1) is 12.8 Å². The monoisotopic (exact) mass is 312 g/mol. The molecular formula is C19H24N2O2. The van der Waals surface area contributed by atoms with Crippen LogP contribution in [0.5, 0.6) is 11.5 Å². The minimum atomic E-state index is 0.238. The van der Waals surface area contributed by atoms with Crippen molar-refractivity contribution in [1.29, 1.82) is 0 Å². The average Bonchev–Trinajstić information content (AvgIpc) is 2.95. The van der Waals surface area contributed by atoms with Crippen molar-refractivity contribution in [3.05, 3.63) is 53.3 Å². The van der Waals surface area contributed by atoms with E-state index in [1.165, 1.54) is 11.1 Å². The third kappa shape index (κ3) is 3.64. The van der Waals surface area contributed by atoms with Gasteiger partial charge in [0.2, 0.25) is 0 Å². The zero-order chi connectivity index (χ0) is 16.2. The molecule has 0 N–H and O–H groups in total. The highest BCUT2D eigenvalue weighted by molar-refractivity contribution is 5.49. The Bertz CT molecular complexity index is 658. The summed E-state index contributed by atoms with van der Waals surface area (Å²) in [6.45, 7) is 6.91. The number of fused-ring (bicyclic) bond motifs is 1. The highest BCUT2D eigenvalue weighted by Gasteiger charge is 2.24. The number of rotatable bonds is 6. The van der Waals surface area contributed by atoms with E-state index in [1.54, 1.807) is 7.11 Å². The molecule has 2 aromatic rings. The minimum Gasteiger partial charge on any atom is -0.497 e. The molecule has 1 aromatic heterocycles. The normalized spacial score (nSPS) is 16.3. The molecule has 1 aromatic carbocycles. The topological polar surface area (TPSA) is 34.6 Å². The Morgan fingerprint density at radius 3 is 2.87 bits per heavy atom. The Balaban J connectivity index is 1.82. The summed E-state index contributed by atoms with van der Waals surface area (Å²) in [4.78, 5) is 6.79. The molecule has 4 heteroatoms. The maximum atomic E-state index is 6.04. The smallest absolute Gasteiger partial charge is 0.127 e. The molecule has 0 aliphatic carbocycles. The first-order valence-electron chi connectivity index (χ1n) is 8.18. The molecule has 3 rings (SSSR count). The van der Waals surface area contributed by atoms with Crippen molar-refractivity contribution in [2.75, 3.05) is 13.7 Å². The van der Waals surface area contributed by atoms with Crippen molar-refractivity contribution in [2.45, 2.75) is 39.5 Å². The first-order valence-corrected chi connectivity index (χ1v) is 8.18. The maximum Gasteiger partial charge on any atom is 0.127 e. The molecule has 23 heavy (non-hydrogen) atoms. The zero-order valence-corrected chi connectivity index (χ0v) is 14.1. The lowest BCUT2D eigenvalue weighted by Crippen LogP contribution is -2.23. The number of pyridine rings is 1. The standard InChI is InChI=1S/C19H24N2O2/c1-4-21(13-17-7-5-6-8-20-17)12-16-11-18(22-3)10-15-9-14(2)23-19(15)16/h5-8,10-11,14H,4,9,12-13H2,1-3H3. The van der Waals surface area contributed by atoms with E-state index in [9.17, 15) is 0 Å². The van der Waals surface area contributed by atoms with Gasteiger partial charge in [-0.05, 0) is 37.7 Å². The molecule has 0 radical (unpaired) electrons. The number of hydrogen-bond acceptors (Lipinski definition) is 4. The molecule has 1 aliphatic rings. The number of methoxy groups -OCH3 is 1. The van der Waals surface area contributed by atoms with Crippen molar-refractivity contribution in [1.82, 2.24) is 9.88 Å². The summed E-state index contributed by atoms with van der Waals surface area (Å²) in [5.74, 6) is 1.95. The predicted molar refractivity (Wildman–Crippen MR) is 90.8 cm³/mol. The van der Waals surface area contributed by atoms with Crippen LogP contribution in [0, 0.1) is 0 Å². The Hall–Kier alpha value is -2.07.